The minimum absolute atomic E-state index is 0.00986. The first kappa shape index (κ1) is 18.0. The average molecular weight is 383 g/mol. The van der Waals surface area contributed by atoms with E-state index in [0.717, 1.165) is 17.2 Å². The summed E-state index contributed by atoms with van der Waals surface area (Å²) in [4.78, 5) is 13.3. The number of alkyl halides is 3. The van der Waals surface area contributed by atoms with Crippen LogP contribution in [0.5, 0.6) is 0 Å². The van der Waals surface area contributed by atoms with Crippen LogP contribution >= 0.6 is 0 Å². The molecule has 5 nitrogen and oxygen atoms in total. The average Bonchev–Trinajstić information content (AvgIpc) is 3.20. The maximum Gasteiger partial charge on any atom is 0.435 e. The third-order valence-corrected chi connectivity index (χ3v) is 4.91. The van der Waals surface area contributed by atoms with E-state index in [1.165, 1.54) is 12.1 Å². The van der Waals surface area contributed by atoms with E-state index in [0.29, 0.717) is 18.5 Å². The molecule has 1 aromatic carbocycles. The number of likely N-dealkylation sites (tertiary alicyclic amines) is 1. The smallest absolute Gasteiger partial charge is 0.375 e. The maximum atomic E-state index is 14.6. The molecule has 0 saturated carbocycles. The van der Waals surface area contributed by atoms with E-state index in [2.05, 4.69) is 5.10 Å². The van der Waals surface area contributed by atoms with Crippen LogP contribution in [0.15, 0.2) is 18.2 Å². The number of rotatable bonds is 3. The molecule has 3 heterocycles. The predicted molar refractivity (Wildman–Crippen MR) is 86.5 cm³/mol. The topological polar surface area (TPSA) is 47.4 Å². The second-order valence-electron chi connectivity index (χ2n) is 6.68. The highest BCUT2D eigenvalue weighted by atomic mass is 19.4. The number of fused-ring (bicyclic) bond motifs is 1. The van der Waals surface area contributed by atoms with Crippen LogP contribution in [0.4, 0.5) is 17.6 Å². The van der Waals surface area contributed by atoms with Gasteiger partial charge in [0.15, 0.2) is 5.69 Å². The van der Waals surface area contributed by atoms with Gasteiger partial charge in [0.05, 0.1) is 24.6 Å². The minimum atomic E-state index is -4.58. The normalized spacial score (nSPS) is 17.5. The van der Waals surface area contributed by atoms with Gasteiger partial charge in [0.1, 0.15) is 5.82 Å². The second-order valence-corrected chi connectivity index (χ2v) is 6.68. The van der Waals surface area contributed by atoms with E-state index in [1.54, 1.807) is 4.90 Å². The number of amides is 1. The number of hydrogen-bond acceptors (Lipinski definition) is 3. The number of halogens is 4. The summed E-state index contributed by atoms with van der Waals surface area (Å²) in [5.41, 5.74) is -0.0483. The van der Waals surface area contributed by atoms with Crippen LogP contribution < -0.4 is 0 Å². The first-order valence-electron chi connectivity index (χ1n) is 8.67. The summed E-state index contributed by atoms with van der Waals surface area (Å²) in [5, 5.41) is 3.70. The molecule has 0 unspecified atom stereocenters. The zero-order valence-corrected chi connectivity index (χ0v) is 14.4. The van der Waals surface area contributed by atoms with E-state index in [1.807, 2.05) is 0 Å². The van der Waals surface area contributed by atoms with Crippen molar-refractivity contribution in [2.75, 3.05) is 13.2 Å². The SMILES string of the molecule is O=C1CCCN1Cc1ccc(-n2nc(C(F)(F)F)c3c2COCC3)cc1F. The van der Waals surface area contributed by atoms with Crippen molar-refractivity contribution >= 4 is 5.91 Å². The van der Waals surface area contributed by atoms with Gasteiger partial charge in [0.2, 0.25) is 5.91 Å². The summed E-state index contributed by atoms with van der Waals surface area (Å²) in [6.45, 7) is 0.918. The fraction of sp³-hybridized carbons (Fsp3) is 0.444. The molecule has 2 aliphatic heterocycles. The highest BCUT2D eigenvalue weighted by Crippen LogP contribution is 2.35. The Hall–Kier alpha value is -2.42. The van der Waals surface area contributed by atoms with Gasteiger partial charge in [-0.25, -0.2) is 9.07 Å². The van der Waals surface area contributed by atoms with Gasteiger partial charge in [0, 0.05) is 30.6 Å². The molecule has 1 saturated heterocycles. The van der Waals surface area contributed by atoms with E-state index < -0.39 is 17.7 Å². The summed E-state index contributed by atoms with van der Waals surface area (Å²) < 4.78 is 60.8. The molecule has 0 atom stereocenters. The Kier molecular flexibility index (Phi) is 4.41. The molecule has 1 fully saturated rings. The highest BCUT2D eigenvalue weighted by molar-refractivity contribution is 5.78. The molecule has 0 radical (unpaired) electrons. The fourth-order valence-electron chi connectivity index (χ4n) is 3.55. The van der Waals surface area contributed by atoms with Crippen molar-refractivity contribution in [1.29, 1.82) is 0 Å². The largest absolute Gasteiger partial charge is 0.435 e. The third-order valence-electron chi connectivity index (χ3n) is 4.91. The van der Waals surface area contributed by atoms with E-state index in [9.17, 15) is 22.4 Å². The van der Waals surface area contributed by atoms with Gasteiger partial charge in [-0.15, -0.1) is 0 Å². The second kappa shape index (κ2) is 6.63. The molecule has 2 aromatic rings. The molecule has 144 valence electrons. The number of aromatic nitrogens is 2. The molecule has 0 bridgehead atoms. The number of benzene rings is 1. The van der Waals surface area contributed by atoms with E-state index in [4.69, 9.17) is 4.74 Å². The molecule has 2 aliphatic rings. The first-order chi connectivity index (χ1) is 12.8. The Bertz CT molecular complexity index is 891. The molecule has 27 heavy (non-hydrogen) atoms. The lowest BCUT2D eigenvalue weighted by Crippen LogP contribution is -2.24. The van der Waals surface area contributed by atoms with Crippen LogP contribution in [0.1, 0.15) is 35.4 Å². The van der Waals surface area contributed by atoms with Crippen LogP contribution in [0.25, 0.3) is 5.69 Å². The Morgan fingerprint density at radius 2 is 2.04 bits per heavy atom. The highest BCUT2D eigenvalue weighted by Gasteiger charge is 2.40. The zero-order chi connectivity index (χ0) is 19.2. The monoisotopic (exact) mass is 383 g/mol. The maximum absolute atomic E-state index is 14.6. The molecule has 1 amide bonds. The van der Waals surface area contributed by atoms with Crippen molar-refractivity contribution in [2.45, 2.75) is 38.6 Å². The van der Waals surface area contributed by atoms with Crippen LogP contribution in [0.3, 0.4) is 0 Å². The lowest BCUT2D eigenvalue weighted by Gasteiger charge is -2.17. The minimum Gasteiger partial charge on any atom is -0.375 e. The Morgan fingerprint density at radius 3 is 2.70 bits per heavy atom. The van der Waals surface area contributed by atoms with Crippen molar-refractivity contribution in [3.63, 3.8) is 0 Å². The van der Waals surface area contributed by atoms with Gasteiger partial charge in [-0.05, 0) is 25.0 Å². The van der Waals surface area contributed by atoms with Crippen LogP contribution in [-0.4, -0.2) is 33.7 Å². The lowest BCUT2D eigenvalue weighted by molar-refractivity contribution is -0.142. The number of carbonyl (C=O) groups is 1. The summed E-state index contributed by atoms with van der Waals surface area (Å²) in [5.74, 6) is -0.603. The van der Waals surface area contributed by atoms with Crippen LogP contribution in [0, 0.1) is 5.82 Å². The van der Waals surface area contributed by atoms with Gasteiger partial charge in [-0.2, -0.15) is 18.3 Å². The molecule has 0 N–H and O–H groups in total. The number of ether oxygens (including phenoxy) is 1. The van der Waals surface area contributed by atoms with Gasteiger partial charge in [-0.1, -0.05) is 6.07 Å². The van der Waals surface area contributed by atoms with Crippen molar-refractivity contribution in [2.24, 2.45) is 0 Å². The molecular weight excluding hydrogens is 366 g/mol. The summed E-state index contributed by atoms with van der Waals surface area (Å²) >= 11 is 0. The third kappa shape index (κ3) is 3.31. The lowest BCUT2D eigenvalue weighted by atomic mass is 10.1. The molecular formula is C18H17F4N3O2. The molecule has 9 heteroatoms. The van der Waals surface area contributed by atoms with E-state index in [-0.39, 0.29) is 49.0 Å². The standard InChI is InChI=1S/C18H17F4N3O2/c19-14-8-12(4-3-11(14)9-24-6-1-2-16(24)26)25-15-10-27-7-5-13(15)17(23-25)18(20,21)22/h3-4,8H,1-2,5-7,9-10H2. The molecule has 1 aromatic heterocycles. The number of nitrogens with zero attached hydrogens (tertiary/aromatic N) is 3. The molecule has 0 spiro atoms. The number of carbonyl (C=O) groups excluding carboxylic acids is 1. The van der Waals surface area contributed by atoms with Crippen molar-refractivity contribution in [3.8, 4) is 5.69 Å². The first-order valence-corrected chi connectivity index (χ1v) is 8.67. The van der Waals surface area contributed by atoms with Gasteiger partial charge >= 0.3 is 6.18 Å². The van der Waals surface area contributed by atoms with E-state index >= 15 is 0 Å². The summed E-state index contributed by atoms with van der Waals surface area (Å²) in [7, 11) is 0. The Morgan fingerprint density at radius 1 is 1.22 bits per heavy atom. The Labute approximate surface area is 152 Å². The van der Waals surface area contributed by atoms with Crippen LogP contribution in [0.2, 0.25) is 0 Å². The summed E-state index contributed by atoms with van der Waals surface area (Å²) in [6, 6.07) is 4.15. The molecule has 4 rings (SSSR count). The van der Waals surface area contributed by atoms with Gasteiger partial charge in [0.25, 0.3) is 0 Å². The van der Waals surface area contributed by atoms with Crippen LogP contribution in [-0.2, 0) is 35.3 Å². The fourth-order valence-corrected chi connectivity index (χ4v) is 3.55. The number of hydrogen-bond donors (Lipinski definition) is 0. The zero-order valence-electron chi connectivity index (χ0n) is 14.4. The quantitative estimate of drug-likeness (QED) is 0.765. The Balaban J connectivity index is 1.69. The summed E-state index contributed by atoms with van der Waals surface area (Å²) in [6.07, 6.45) is -3.26. The predicted octanol–water partition coefficient (Wildman–Crippen LogP) is 3.23. The van der Waals surface area contributed by atoms with Crippen molar-refractivity contribution in [3.05, 3.63) is 46.5 Å². The van der Waals surface area contributed by atoms with Gasteiger partial charge < -0.3 is 9.64 Å². The van der Waals surface area contributed by atoms with Crippen molar-refractivity contribution in [1.82, 2.24) is 14.7 Å². The van der Waals surface area contributed by atoms with Crippen molar-refractivity contribution < 1.29 is 27.1 Å². The molecule has 0 aliphatic carbocycles. The van der Waals surface area contributed by atoms with Gasteiger partial charge in [-0.3, -0.25) is 4.79 Å².